The molecule has 5 rings (SSSR count). The lowest BCUT2D eigenvalue weighted by atomic mass is 10.1. The van der Waals surface area contributed by atoms with Gasteiger partial charge in [-0.25, -0.2) is 0 Å². The molecule has 1 atom stereocenters. The Morgan fingerprint density at radius 3 is 2.67 bits per heavy atom. The third-order valence-electron chi connectivity index (χ3n) is 6.26. The van der Waals surface area contributed by atoms with Crippen molar-refractivity contribution in [2.75, 3.05) is 11.9 Å². The molecule has 0 spiro atoms. The molecule has 3 aromatic carbocycles. The summed E-state index contributed by atoms with van der Waals surface area (Å²) in [7, 11) is 0. The average molecular weight is 558 g/mol. The van der Waals surface area contributed by atoms with Gasteiger partial charge in [0.1, 0.15) is 12.6 Å². The quantitative estimate of drug-likeness (QED) is 0.299. The normalized spacial score (nSPS) is 15.8. The van der Waals surface area contributed by atoms with E-state index >= 15 is 0 Å². The van der Waals surface area contributed by atoms with Crippen molar-refractivity contribution < 1.29 is 14.4 Å². The van der Waals surface area contributed by atoms with Crippen molar-refractivity contribution in [2.24, 2.45) is 5.16 Å². The molecule has 1 aliphatic heterocycles. The SMILES string of the molecule is N#Cc1ccc(C(=O)N2C/C(=N\OCc3ccc(Cl)c(Cl)c3)C[C@H]2C(=O)Nc2ccc3ncccc3c2)cc1. The Labute approximate surface area is 234 Å². The Morgan fingerprint density at radius 2 is 1.90 bits per heavy atom. The van der Waals surface area contributed by atoms with Crippen molar-refractivity contribution in [1.29, 1.82) is 5.26 Å². The number of nitrogens with zero attached hydrogens (tertiary/aromatic N) is 4. The number of rotatable bonds is 6. The number of halogens is 2. The number of anilines is 1. The van der Waals surface area contributed by atoms with Crippen molar-refractivity contribution in [3.8, 4) is 6.07 Å². The number of nitrogens with one attached hydrogen (secondary N) is 1. The Balaban J connectivity index is 1.35. The van der Waals surface area contributed by atoms with E-state index < -0.39 is 6.04 Å². The van der Waals surface area contributed by atoms with E-state index in [0.717, 1.165) is 16.5 Å². The summed E-state index contributed by atoms with van der Waals surface area (Å²) in [6, 6.07) is 21.8. The molecule has 0 saturated carbocycles. The summed E-state index contributed by atoms with van der Waals surface area (Å²) in [5.41, 5.74) is 3.51. The van der Waals surface area contributed by atoms with Crippen LogP contribution in [0.15, 0.2) is 84.1 Å². The number of benzene rings is 3. The minimum absolute atomic E-state index is 0.111. The Bertz CT molecular complexity index is 1630. The fourth-order valence-electron chi connectivity index (χ4n) is 4.28. The number of fused-ring (bicyclic) bond motifs is 1. The van der Waals surface area contributed by atoms with Crippen LogP contribution in [-0.4, -0.2) is 40.0 Å². The van der Waals surface area contributed by atoms with Crippen LogP contribution in [0.3, 0.4) is 0 Å². The Hall–Kier alpha value is -4.45. The van der Waals surface area contributed by atoms with Crippen LogP contribution in [0.1, 0.15) is 27.9 Å². The molecule has 1 aromatic heterocycles. The first kappa shape index (κ1) is 26.2. The number of likely N-dealkylation sites (tertiary alicyclic amines) is 1. The molecule has 2 amide bonds. The summed E-state index contributed by atoms with van der Waals surface area (Å²) >= 11 is 12.0. The standard InChI is InChI=1S/C29H21Cl2N5O3/c30-24-9-5-19(12-25(24)31)17-39-35-23-14-27(36(16-23)29(38)20-6-3-18(15-32)4-7-20)28(37)34-22-8-10-26-21(13-22)2-1-11-33-26/h1-13,27H,14,16-17H2,(H,34,37)/b35-23-/t27-/m0/s1. The molecule has 1 N–H and O–H groups in total. The molecular formula is C29H21Cl2N5O3. The van der Waals surface area contributed by atoms with Crippen molar-refractivity contribution in [3.63, 3.8) is 0 Å². The summed E-state index contributed by atoms with van der Waals surface area (Å²) in [4.78, 5) is 38.1. The maximum atomic E-state index is 13.4. The van der Waals surface area contributed by atoms with E-state index in [1.807, 2.05) is 30.3 Å². The molecule has 2 heterocycles. The van der Waals surface area contributed by atoms with Crippen LogP contribution >= 0.6 is 23.2 Å². The van der Waals surface area contributed by atoms with Gasteiger partial charge in [-0.05, 0) is 66.2 Å². The summed E-state index contributed by atoms with van der Waals surface area (Å²) in [6.45, 7) is 0.256. The highest BCUT2D eigenvalue weighted by molar-refractivity contribution is 6.42. The van der Waals surface area contributed by atoms with Gasteiger partial charge in [-0.3, -0.25) is 14.6 Å². The largest absolute Gasteiger partial charge is 0.391 e. The van der Waals surface area contributed by atoms with Crippen LogP contribution < -0.4 is 5.32 Å². The lowest BCUT2D eigenvalue weighted by molar-refractivity contribution is -0.119. The van der Waals surface area contributed by atoms with Gasteiger partial charge in [0.2, 0.25) is 5.91 Å². The van der Waals surface area contributed by atoms with E-state index in [1.165, 1.54) is 4.90 Å². The van der Waals surface area contributed by atoms with Gasteiger partial charge in [-0.1, -0.05) is 40.5 Å². The third-order valence-corrected chi connectivity index (χ3v) is 7.00. The van der Waals surface area contributed by atoms with Gasteiger partial charge < -0.3 is 15.1 Å². The number of nitriles is 1. The summed E-state index contributed by atoms with van der Waals surface area (Å²) in [5.74, 6) is -0.702. The average Bonchev–Trinajstić information content (AvgIpc) is 3.39. The summed E-state index contributed by atoms with van der Waals surface area (Å²) in [5, 5.41) is 17.9. The number of hydrogen-bond acceptors (Lipinski definition) is 6. The van der Waals surface area contributed by atoms with Crippen LogP contribution in [-0.2, 0) is 16.2 Å². The second kappa shape index (κ2) is 11.5. The zero-order valence-electron chi connectivity index (χ0n) is 20.5. The van der Waals surface area contributed by atoms with Gasteiger partial charge in [0, 0.05) is 29.3 Å². The van der Waals surface area contributed by atoms with Crippen LogP contribution in [0.2, 0.25) is 10.0 Å². The third kappa shape index (κ3) is 6.01. The highest BCUT2D eigenvalue weighted by atomic mass is 35.5. The molecule has 4 aromatic rings. The first-order chi connectivity index (χ1) is 18.9. The molecule has 1 fully saturated rings. The second-order valence-corrected chi connectivity index (χ2v) is 9.74. The lowest BCUT2D eigenvalue weighted by Crippen LogP contribution is -2.43. The lowest BCUT2D eigenvalue weighted by Gasteiger charge is -2.23. The molecule has 0 aliphatic carbocycles. The zero-order valence-corrected chi connectivity index (χ0v) is 22.0. The molecular weight excluding hydrogens is 537 g/mol. The number of amides is 2. The first-order valence-corrected chi connectivity index (χ1v) is 12.8. The number of pyridine rings is 1. The van der Waals surface area contributed by atoms with Crippen molar-refractivity contribution in [2.45, 2.75) is 19.1 Å². The van der Waals surface area contributed by atoms with Crippen LogP contribution in [0.25, 0.3) is 10.9 Å². The molecule has 0 unspecified atom stereocenters. The van der Waals surface area contributed by atoms with E-state index in [9.17, 15) is 9.59 Å². The van der Waals surface area contributed by atoms with E-state index in [0.29, 0.717) is 32.6 Å². The van der Waals surface area contributed by atoms with Gasteiger partial charge in [0.05, 0.1) is 39.5 Å². The minimum Gasteiger partial charge on any atom is -0.391 e. The van der Waals surface area contributed by atoms with Crippen molar-refractivity contribution in [1.82, 2.24) is 9.88 Å². The van der Waals surface area contributed by atoms with Crippen LogP contribution in [0.4, 0.5) is 5.69 Å². The number of oxime groups is 1. The smallest absolute Gasteiger partial charge is 0.254 e. The minimum atomic E-state index is -0.815. The number of carbonyl (C=O) groups excluding carboxylic acids is 2. The molecule has 194 valence electrons. The molecule has 8 nitrogen and oxygen atoms in total. The first-order valence-electron chi connectivity index (χ1n) is 12.0. The maximum absolute atomic E-state index is 13.4. The summed E-state index contributed by atoms with van der Waals surface area (Å²) in [6.07, 6.45) is 1.90. The van der Waals surface area contributed by atoms with E-state index in [1.54, 1.807) is 54.7 Å². The van der Waals surface area contributed by atoms with E-state index in [4.69, 9.17) is 33.3 Å². The zero-order chi connectivity index (χ0) is 27.4. The van der Waals surface area contributed by atoms with Gasteiger partial charge in [-0.15, -0.1) is 0 Å². The summed E-state index contributed by atoms with van der Waals surface area (Å²) < 4.78 is 0. The predicted molar refractivity (Wildman–Crippen MR) is 150 cm³/mol. The van der Waals surface area contributed by atoms with Gasteiger partial charge in [0.25, 0.3) is 5.91 Å². The van der Waals surface area contributed by atoms with E-state index in [2.05, 4.69) is 15.5 Å². The highest BCUT2D eigenvalue weighted by Gasteiger charge is 2.38. The Kier molecular flexibility index (Phi) is 7.73. The fourth-order valence-corrected chi connectivity index (χ4v) is 4.60. The molecule has 39 heavy (non-hydrogen) atoms. The number of hydrogen-bond donors (Lipinski definition) is 1. The maximum Gasteiger partial charge on any atom is 0.254 e. The predicted octanol–water partition coefficient (Wildman–Crippen LogP) is 5.84. The second-order valence-electron chi connectivity index (χ2n) is 8.92. The fraction of sp³-hybridized carbons (Fsp3) is 0.138. The van der Waals surface area contributed by atoms with Gasteiger partial charge >= 0.3 is 0 Å². The van der Waals surface area contributed by atoms with Gasteiger partial charge in [-0.2, -0.15) is 5.26 Å². The van der Waals surface area contributed by atoms with Crippen LogP contribution in [0, 0.1) is 11.3 Å². The molecule has 1 aliphatic rings. The highest BCUT2D eigenvalue weighted by Crippen LogP contribution is 2.25. The number of aromatic nitrogens is 1. The number of carbonyl (C=O) groups is 2. The van der Waals surface area contributed by atoms with Crippen molar-refractivity contribution in [3.05, 3.63) is 106 Å². The molecule has 0 radical (unpaired) electrons. The monoisotopic (exact) mass is 557 g/mol. The molecule has 0 bridgehead atoms. The van der Waals surface area contributed by atoms with Crippen molar-refractivity contribution >= 4 is 57.3 Å². The topological polar surface area (TPSA) is 108 Å². The van der Waals surface area contributed by atoms with E-state index in [-0.39, 0.29) is 31.4 Å². The Morgan fingerprint density at radius 1 is 1.08 bits per heavy atom. The van der Waals surface area contributed by atoms with Gasteiger partial charge in [0.15, 0.2) is 0 Å². The molecule has 10 heteroatoms. The molecule has 1 saturated heterocycles. The van der Waals surface area contributed by atoms with Crippen LogP contribution in [0.5, 0.6) is 0 Å².